The van der Waals surface area contributed by atoms with Crippen LogP contribution in [-0.2, 0) is 6.42 Å². The van der Waals surface area contributed by atoms with Crippen LogP contribution in [0.2, 0.25) is 0 Å². The molecule has 0 aromatic heterocycles. The maximum atomic E-state index is 13.0. The number of halogens is 2. The Kier molecular flexibility index (Phi) is 5.73. The van der Waals surface area contributed by atoms with Gasteiger partial charge in [-0.1, -0.05) is 6.07 Å². The predicted molar refractivity (Wildman–Crippen MR) is 73.1 cm³/mol. The van der Waals surface area contributed by atoms with Crippen molar-refractivity contribution < 1.29 is 8.78 Å². The molecule has 0 unspecified atom stereocenters. The van der Waals surface area contributed by atoms with Gasteiger partial charge in [-0.25, -0.2) is 8.78 Å². The molecule has 0 atom stereocenters. The van der Waals surface area contributed by atoms with Crippen molar-refractivity contribution in [3.8, 4) is 0 Å². The Morgan fingerprint density at radius 2 is 1.89 bits per heavy atom. The highest BCUT2D eigenvalue weighted by atomic mass is 19.2. The highest BCUT2D eigenvalue weighted by molar-refractivity contribution is 5.17. The molecule has 1 aliphatic rings. The topological polar surface area (TPSA) is 24.1 Å². The molecule has 0 saturated carbocycles. The first-order valence-electron chi connectivity index (χ1n) is 7.11. The van der Waals surface area contributed by atoms with Crippen molar-refractivity contribution >= 4 is 0 Å². The number of hydrogen-bond acceptors (Lipinski definition) is 2. The molecule has 106 valence electrons. The average molecular weight is 268 g/mol. The molecule has 19 heavy (non-hydrogen) atoms. The van der Waals surface area contributed by atoms with E-state index in [1.807, 2.05) is 0 Å². The zero-order valence-electron chi connectivity index (χ0n) is 11.2. The molecule has 1 aromatic carbocycles. The van der Waals surface area contributed by atoms with E-state index >= 15 is 0 Å². The number of hydrogen-bond donors (Lipinski definition) is 2. The first-order valence-corrected chi connectivity index (χ1v) is 7.11. The van der Waals surface area contributed by atoms with E-state index in [9.17, 15) is 8.78 Å². The van der Waals surface area contributed by atoms with Gasteiger partial charge in [-0.3, -0.25) is 0 Å². The van der Waals surface area contributed by atoms with Crippen LogP contribution in [0.25, 0.3) is 0 Å². The molecular formula is C15H22F2N2. The molecular weight excluding hydrogens is 246 g/mol. The summed E-state index contributed by atoms with van der Waals surface area (Å²) in [6.45, 7) is 4.10. The minimum Gasteiger partial charge on any atom is -0.317 e. The van der Waals surface area contributed by atoms with Crippen molar-refractivity contribution in [2.45, 2.75) is 25.7 Å². The lowest BCUT2D eigenvalue weighted by molar-refractivity contribution is 0.349. The van der Waals surface area contributed by atoms with Crippen LogP contribution in [0.4, 0.5) is 8.78 Å². The van der Waals surface area contributed by atoms with Gasteiger partial charge in [0.2, 0.25) is 0 Å². The van der Waals surface area contributed by atoms with Crippen LogP contribution in [-0.4, -0.2) is 26.2 Å². The van der Waals surface area contributed by atoms with Crippen molar-refractivity contribution in [1.82, 2.24) is 10.6 Å². The lowest BCUT2D eigenvalue weighted by atomic mass is 9.95. The minimum atomic E-state index is -0.775. The SMILES string of the molecule is Fc1ccc(CCNCCC2CCNCC2)cc1F. The highest BCUT2D eigenvalue weighted by Crippen LogP contribution is 2.14. The summed E-state index contributed by atoms with van der Waals surface area (Å²) in [5.41, 5.74) is 0.841. The quantitative estimate of drug-likeness (QED) is 0.775. The summed E-state index contributed by atoms with van der Waals surface area (Å²) < 4.78 is 25.7. The molecule has 2 nitrogen and oxygen atoms in total. The molecule has 0 aliphatic carbocycles. The molecule has 1 heterocycles. The van der Waals surface area contributed by atoms with Crippen LogP contribution in [0.3, 0.4) is 0 Å². The van der Waals surface area contributed by atoms with E-state index in [0.29, 0.717) is 0 Å². The Balaban J connectivity index is 1.59. The zero-order valence-corrected chi connectivity index (χ0v) is 11.2. The van der Waals surface area contributed by atoms with E-state index in [-0.39, 0.29) is 0 Å². The van der Waals surface area contributed by atoms with E-state index in [1.165, 1.54) is 31.4 Å². The second-order valence-electron chi connectivity index (χ2n) is 5.23. The summed E-state index contributed by atoms with van der Waals surface area (Å²) in [7, 11) is 0. The maximum Gasteiger partial charge on any atom is 0.159 e. The van der Waals surface area contributed by atoms with Crippen LogP contribution in [0, 0.1) is 17.6 Å². The average Bonchev–Trinajstić information content (AvgIpc) is 2.43. The zero-order chi connectivity index (χ0) is 13.5. The number of benzene rings is 1. The van der Waals surface area contributed by atoms with E-state index in [0.717, 1.165) is 44.1 Å². The highest BCUT2D eigenvalue weighted by Gasteiger charge is 2.11. The Bertz CT molecular complexity index is 390. The Hall–Kier alpha value is -1.00. The van der Waals surface area contributed by atoms with Crippen molar-refractivity contribution in [1.29, 1.82) is 0 Å². The molecule has 0 bridgehead atoms. The van der Waals surface area contributed by atoms with E-state index in [2.05, 4.69) is 10.6 Å². The third-order valence-corrected chi connectivity index (χ3v) is 3.76. The first kappa shape index (κ1) is 14.4. The van der Waals surface area contributed by atoms with Gasteiger partial charge in [0.05, 0.1) is 0 Å². The van der Waals surface area contributed by atoms with E-state index < -0.39 is 11.6 Å². The van der Waals surface area contributed by atoms with Gasteiger partial charge in [0.15, 0.2) is 11.6 Å². The monoisotopic (exact) mass is 268 g/mol. The van der Waals surface area contributed by atoms with Gasteiger partial charge in [0, 0.05) is 0 Å². The summed E-state index contributed by atoms with van der Waals surface area (Å²) in [6, 6.07) is 4.12. The van der Waals surface area contributed by atoms with Gasteiger partial charge in [0.25, 0.3) is 0 Å². The van der Waals surface area contributed by atoms with Crippen molar-refractivity contribution in [2.24, 2.45) is 5.92 Å². The van der Waals surface area contributed by atoms with Crippen LogP contribution in [0.15, 0.2) is 18.2 Å². The third-order valence-electron chi connectivity index (χ3n) is 3.76. The largest absolute Gasteiger partial charge is 0.317 e. The standard InChI is InChI=1S/C15H22F2N2/c16-14-2-1-13(11-15(14)17)6-10-19-9-5-12-3-7-18-8-4-12/h1-2,11-12,18-19H,3-10H2. The second-order valence-corrected chi connectivity index (χ2v) is 5.23. The predicted octanol–water partition coefficient (Wildman–Crippen LogP) is 2.49. The Morgan fingerprint density at radius 3 is 2.63 bits per heavy atom. The van der Waals surface area contributed by atoms with Gasteiger partial charge >= 0.3 is 0 Å². The number of piperidine rings is 1. The smallest absolute Gasteiger partial charge is 0.159 e. The van der Waals surface area contributed by atoms with Gasteiger partial charge in [-0.2, -0.15) is 0 Å². The number of rotatable bonds is 6. The summed E-state index contributed by atoms with van der Waals surface area (Å²) in [6.07, 6.45) is 4.48. The Labute approximate surface area is 113 Å². The fourth-order valence-electron chi connectivity index (χ4n) is 2.53. The summed E-state index contributed by atoms with van der Waals surface area (Å²) >= 11 is 0. The van der Waals surface area contributed by atoms with Gasteiger partial charge in [-0.15, -0.1) is 0 Å². The lowest BCUT2D eigenvalue weighted by Crippen LogP contribution is -2.30. The van der Waals surface area contributed by atoms with Crippen LogP contribution in [0.5, 0.6) is 0 Å². The van der Waals surface area contributed by atoms with Crippen molar-refractivity contribution in [2.75, 3.05) is 26.2 Å². The molecule has 1 aliphatic heterocycles. The fraction of sp³-hybridized carbons (Fsp3) is 0.600. The van der Waals surface area contributed by atoms with Crippen LogP contribution in [0.1, 0.15) is 24.8 Å². The third kappa shape index (κ3) is 4.88. The van der Waals surface area contributed by atoms with Gasteiger partial charge < -0.3 is 10.6 Å². The molecule has 2 rings (SSSR count). The van der Waals surface area contributed by atoms with E-state index in [1.54, 1.807) is 6.07 Å². The Morgan fingerprint density at radius 1 is 1.11 bits per heavy atom. The summed E-state index contributed by atoms with van der Waals surface area (Å²) in [4.78, 5) is 0. The first-order chi connectivity index (χ1) is 9.25. The summed E-state index contributed by atoms with van der Waals surface area (Å²) in [5.74, 6) is -0.702. The molecule has 0 amide bonds. The molecule has 1 saturated heterocycles. The van der Waals surface area contributed by atoms with E-state index in [4.69, 9.17) is 0 Å². The number of nitrogens with one attached hydrogen (secondary N) is 2. The summed E-state index contributed by atoms with van der Waals surface area (Å²) in [5, 5.41) is 6.74. The van der Waals surface area contributed by atoms with Crippen molar-refractivity contribution in [3.05, 3.63) is 35.4 Å². The molecule has 1 fully saturated rings. The second kappa shape index (κ2) is 7.56. The van der Waals surface area contributed by atoms with Gasteiger partial charge in [-0.05, 0) is 75.5 Å². The van der Waals surface area contributed by atoms with Crippen LogP contribution < -0.4 is 10.6 Å². The van der Waals surface area contributed by atoms with Crippen molar-refractivity contribution in [3.63, 3.8) is 0 Å². The molecule has 0 radical (unpaired) electrons. The maximum absolute atomic E-state index is 13.0. The molecule has 1 aromatic rings. The minimum absolute atomic E-state index is 0.740. The molecule has 4 heteroatoms. The molecule has 0 spiro atoms. The van der Waals surface area contributed by atoms with Crippen LogP contribution >= 0.6 is 0 Å². The normalized spacial score (nSPS) is 16.7. The molecule has 2 N–H and O–H groups in total. The lowest BCUT2D eigenvalue weighted by Gasteiger charge is -2.22. The fourth-order valence-corrected chi connectivity index (χ4v) is 2.53. The van der Waals surface area contributed by atoms with Gasteiger partial charge in [0.1, 0.15) is 0 Å².